The third kappa shape index (κ3) is 58.1. The molecule has 3 atom stereocenters. The number of aliphatic hydroxyl groups is 1. The van der Waals surface area contributed by atoms with E-state index >= 15 is 0 Å². The van der Waals surface area contributed by atoms with Crippen LogP contribution in [0.2, 0.25) is 0 Å². The molecule has 0 fully saturated rings. The van der Waals surface area contributed by atoms with Gasteiger partial charge in [0, 0.05) is 6.42 Å². The highest BCUT2D eigenvalue weighted by atomic mass is 31.2. The fraction of sp³-hybridized carbons (Fsp3) is 0.862. The zero-order valence-electron chi connectivity index (χ0n) is 49.8. The third-order valence-electron chi connectivity index (χ3n) is 14.5. The van der Waals surface area contributed by atoms with Crippen LogP contribution in [0.15, 0.2) is 48.6 Å². The Balaban J connectivity index is 3.80. The highest BCUT2D eigenvalue weighted by Crippen LogP contribution is 2.38. The number of quaternary nitrogens is 1. The van der Waals surface area contributed by atoms with Crippen molar-refractivity contribution >= 4 is 13.7 Å². The van der Waals surface area contributed by atoms with E-state index < -0.39 is 26.6 Å². The first-order valence-corrected chi connectivity index (χ1v) is 33.5. The summed E-state index contributed by atoms with van der Waals surface area (Å²) < 4.78 is 23.3. The van der Waals surface area contributed by atoms with E-state index in [1.807, 2.05) is 27.2 Å². The summed E-state index contributed by atoms with van der Waals surface area (Å²) >= 11 is 0. The van der Waals surface area contributed by atoms with Crippen LogP contribution in [0, 0.1) is 0 Å². The normalized spacial score (nSPS) is 14.1. The fourth-order valence-corrected chi connectivity index (χ4v) is 10.2. The highest BCUT2D eigenvalue weighted by Gasteiger charge is 2.23. The molecule has 8 nitrogen and oxygen atoms in total. The molecule has 0 aromatic heterocycles. The summed E-state index contributed by atoms with van der Waals surface area (Å²) in [5, 5.41) is 13.8. The zero-order valence-corrected chi connectivity index (χ0v) is 50.7. The summed E-state index contributed by atoms with van der Waals surface area (Å²) in [5.41, 5.74) is 0. The van der Waals surface area contributed by atoms with Crippen molar-refractivity contribution in [3.8, 4) is 0 Å². The van der Waals surface area contributed by atoms with Crippen LogP contribution >= 0.6 is 7.82 Å². The average molecular weight is 1060 g/mol. The van der Waals surface area contributed by atoms with Crippen molar-refractivity contribution in [1.29, 1.82) is 0 Å². The Bertz CT molecular complexity index is 1340. The van der Waals surface area contributed by atoms with Crippen molar-refractivity contribution in [2.45, 2.75) is 321 Å². The number of unbranched alkanes of at least 4 members (excludes halogenated alkanes) is 40. The van der Waals surface area contributed by atoms with Crippen LogP contribution in [0.4, 0.5) is 0 Å². The summed E-state index contributed by atoms with van der Waals surface area (Å²) in [5.74, 6) is -0.204. The average Bonchev–Trinajstić information content (AvgIpc) is 3.36. The maximum absolute atomic E-state index is 12.9. The van der Waals surface area contributed by atoms with E-state index in [9.17, 15) is 19.4 Å². The lowest BCUT2D eigenvalue weighted by Crippen LogP contribution is -2.45. The molecule has 436 valence electrons. The van der Waals surface area contributed by atoms with Crippen LogP contribution in [0.5, 0.6) is 0 Å². The van der Waals surface area contributed by atoms with Crippen molar-refractivity contribution in [3.05, 3.63) is 48.6 Å². The van der Waals surface area contributed by atoms with Gasteiger partial charge in [0.15, 0.2) is 0 Å². The topological polar surface area (TPSA) is 108 Å². The van der Waals surface area contributed by atoms with Crippen molar-refractivity contribution in [3.63, 3.8) is 0 Å². The Labute approximate surface area is 460 Å². The minimum absolute atomic E-state index is 0.00528. The number of rotatable bonds is 59. The number of nitrogens with zero attached hydrogens (tertiary/aromatic N) is 1. The maximum Gasteiger partial charge on any atom is 0.268 e. The number of carbonyl (C=O) groups is 1. The minimum atomic E-state index is -4.60. The second-order valence-corrected chi connectivity index (χ2v) is 24.5. The molecule has 74 heavy (non-hydrogen) atoms. The minimum Gasteiger partial charge on any atom is -0.756 e. The van der Waals surface area contributed by atoms with E-state index in [1.54, 1.807) is 6.08 Å². The summed E-state index contributed by atoms with van der Waals surface area (Å²) in [6, 6.07) is -0.900. The van der Waals surface area contributed by atoms with Gasteiger partial charge in [-0.2, -0.15) is 0 Å². The van der Waals surface area contributed by atoms with Gasteiger partial charge < -0.3 is 28.8 Å². The predicted molar refractivity (Wildman–Crippen MR) is 321 cm³/mol. The van der Waals surface area contributed by atoms with Crippen molar-refractivity contribution in [2.75, 3.05) is 40.9 Å². The van der Waals surface area contributed by atoms with E-state index in [-0.39, 0.29) is 12.5 Å². The number of phosphoric ester groups is 1. The first kappa shape index (κ1) is 72.5. The Kier molecular flexibility index (Phi) is 55.0. The SMILES string of the molecule is CCCCCCC/C=C\C/C=C\CCCCCCCCCCCCCCCCCCCCCCCCCCCCCCCC(=O)NC(COP(=O)([O-])OCC[N+](C)(C)C)C(O)/C=C/CC/C=C/CCCCCCC. The van der Waals surface area contributed by atoms with Gasteiger partial charge in [-0.15, -0.1) is 0 Å². The second kappa shape index (κ2) is 56.2. The Morgan fingerprint density at radius 2 is 0.797 bits per heavy atom. The Morgan fingerprint density at radius 3 is 1.18 bits per heavy atom. The van der Waals surface area contributed by atoms with Gasteiger partial charge in [0.1, 0.15) is 13.2 Å². The summed E-state index contributed by atoms with van der Waals surface area (Å²) in [6.45, 7) is 4.61. The molecule has 3 unspecified atom stereocenters. The van der Waals surface area contributed by atoms with Crippen molar-refractivity contribution in [1.82, 2.24) is 5.32 Å². The monoisotopic (exact) mass is 1060 g/mol. The van der Waals surface area contributed by atoms with Gasteiger partial charge in [0.25, 0.3) is 7.82 Å². The van der Waals surface area contributed by atoms with Crippen LogP contribution in [-0.4, -0.2) is 68.5 Å². The molecule has 1 amide bonds. The summed E-state index contributed by atoms with van der Waals surface area (Å²) in [7, 11) is 1.25. The first-order valence-electron chi connectivity index (χ1n) is 32.0. The molecule has 0 aliphatic heterocycles. The number of hydrogen-bond acceptors (Lipinski definition) is 6. The predicted octanol–water partition coefficient (Wildman–Crippen LogP) is 19.2. The molecule has 0 aromatic rings. The maximum atomic E-state index is 12.9. The number of amides is 1. The van der Waals surface area contributed by atoms with Crippen LogP contribution in [0.25, 0.3) is 0 Å². The molecule has 0 aliphatic carbocycles. The van der Waals surface area contributed by atoms with E-state index in [4.69, 9.17) is 9.05 Å². The highest BCUT2D eigenvalue weighted by molar-refractivity contribution is 7.45. The van der Waals surface area contributed by atoms with Gasteiger partial charge in [-0.3, -0.25) is 9.36 Å². The van der Waals surface area contributed by atoms with Crippen molar-refractivity contribution in [2.24, 2.45) is 0 Å². The van der Waals surface area contributed by atoms with Gasteiger partial charge in [0.05, 0.1) is 39.9 Å². The molecule has 0 spiro atoms. The molecule has 0 saturated heterocycles. The van der Waals surface area contributed by atoms with Gasteiger partial charge in [-0.25, -0.2) is 0 Å². The number of carbonyl (C=O) groups excluding carboxylic acids is 1. The number of likely N-dealkylation sites (N-methyl/N-ethyl adjacent to an activating group) is 1. The number of phosphoric acid groups is 1. The van der Waals surface area contributed by atoms with Crippen LogP contribution in [0.3, 0.4) is 0 Å². The van der Waals surface area contributed by atoms with Gasteiger partial charge in [0.2, 0.25) is 5.91 Å². The zero-order chi connectivity index (χ0) is 54.2. The standard InChI is InChI=1S/C65H125N2O6P/c1-6-8-10-12-14-16-18-19-20-21-22-23-24-25-26-27-28-29-30-31-32-33-34-35-36-37-38-39-40-41-42-43-44-45-46-47-49-51-53-55-57-59-65(69)66-63(62-73-74(70,71)72-61-60-67(3,4)5)64(68)58-56-54-52-50-48-17-15-13-11-9-7-2/h18-19,21-22,48,50,56,58,63-64,68H,6-17,20,23-47,49,51-55,57,59-62H2,1-5H3,(H-,66,69,70,71)/b19-18-,22-21-,50-48+,58-56+. The molecule has 0 rings (SSSR count). The number of allylic oxidation sites excluding steroid dienone is 7. The molecular formula is C65H125N2O6P. The fourth-order valence-electron chi connectivity index (χ4n) is 9.50. The molecule has 9 heteroatoms. The van der Waals surface area contributed by atoms with E-state index in [1.165, 1.54) is 244 Å². The van der Waals surface area contributed by atoms with Crippen LogP contribution < -0.4 is 10.2 Å². The van der Waals surface area contributed by atoms with Gasteiger partial charge in [-0.05, 0) is 64.2 Å². The number of nitrogens with one attached hydrogen (secondary N) is 1. The van der Waals surface area contributed by atoms with Gasteiger partial charge >= 0.3 is 0 Å². The van der Waals surface area contributed by atoms with Gasteiger partial charge in [-0.1, -0.05) is 287 Å². The summed E-state index contributed by atoms with van der Waals surface area (Å²) in [6.07, 6.45) is 75.4. The first-order chi connectivity index (χ1) is 36.0. The Hall–Kier alpha value is -1.54. The lowest BCUT2D eigenvalue weighted by Gasteiger charge is -2.29. The lowest BCUT2D eigenvalue weighted by atomic mass is 10.0. The van der Waals surface area contributed by atoms with Crippen LogP contribution in [0.1, 0.15) is 309 Å². The molecule has 0 aromatic carbocycles. The molecule has 0 heterocycles. The molecule has 0 bridgehead atoms. The Morgan fingerprint density at radius 1 is 0.473 bits per heavy atom. The van der Waals surface area contributed by atoms with Crippen molar-refractivity contribution < 1.29 is 32.9 Å². The third-order valence-corrected chi connectivity index (χ3v) is 15.5. The quantitative estimate of drug-likeness (QED) is 0.0272. The molecule has 2 N–H and O–H groups in total. The summed E-state index contributed by atoms with van der Waals surface area (Å²) in [4.78, 5) is 25.4. The van der Waals surface area contributed by atoms with Crippen LogP contribution in [-0.2, 0) is 18.4 Å². The molecule has 0 saturated carbocycles. The van der Waals surface area contributed by atoms with E-state index in [2.05, 4.69) is 55.6 Å². The smallest absolute Gasteiger partial charge is 0.268 e. The molecule has 0 aliphatic rings. The van der Waals surface area contributed by atoms with E-state index in [0.29, 0.717) is 17.4 Å². The molecule has 0 radical (unpaired) electrons. The number of hydrogen-bond donors (Lipinski definition) is 2. The van der Waals surface area contributed by atoms with E-state index in [0.717, 1.165) is 44.9 Å². The largest absolute Gasteiger partial charge is 0.756 e. The second-order valence-electron chi connectivity index (χ2n) is 23.1. The molecular weight excluding hydrogens is 936 g/mol. The lowest BCUT2D eigenvalue weighted by molar-refractivity contribution is -0.870. The number of aliphatic hydroxyl groups excluding tert-OH is 1.